The SMILES string of the molecule is C[C@@H]1CC[C@H](C(N)=O)CN1C(=O)[C@H]1CC(=O)N(Cc2ccco2)C1. The number of amides is 3. The highest BCUT2D eigenvalue weighted by atomic mass is 16.3. The van der Waals surface area contributed by atoms with E-state index < -0.39 is 0 Å². The summed E-state index contributed by atoms with van der Waals surface area (Å²) in [5.74, 6) is -0.397. The van der Waals surface area contributed by atoms with Crippen LogP contribution < -0.4 is 5.73 Å². The Labute approximate surface area is 140 Å². The van der Waals surface area contributed by atoms with Gasteiger partial charge in [0.2, 0.25) is 17.7 Å². The van der Waals surface area contributed by atoms with Crippen molar-refractivity contribution in [3.63, 3.8) is 0 Å². The van der Waals surface area contributed by atoms with Gasteiger partial charge in [0.15, 0.2) is 0 Å². The van der Waals surface area contributed by atoms with Crippen LogP contribution in [-0.4, -0.2) is 46.7 Å². The smallest absolute Gasteiger partial charge is 0.228 e. The lowest BCUT2D eigenvalue weighted by molar-refractivity contribution is -0.141. The fourth-order valence-corrected chi connectivity index (χ4v) is 3.56. The summed E-state index contributed by atoms with van der Waals surface area (Å²) in [7, 11) is 0. The lowest BCUT2D eigenvalue weighted by Gasteiger charge is -2.38. The maximum Gasteiger partial charge on any atom is 0.228 e. The number of likely N-dealkylation sites (tertiary alicyclic amines) is 2. The molecule has 2 aliphatic heterocycles. The molecule has 0 bridgehead atoms. The summed E-state index contributed by atoms with van der Waals surface area (Å²) in [6.07, 6.45) is 3.26. The molecule has 7 nitrogen and oxygen atoms in total. The van der Waals surface area contributed by atoms with E-state index in [1.54, 1.807) is 22.1 Å². The molecule has 2 aliphatic rings. The largest absolute Gasteiger partial charge is 0.467 e. The fourth-order valence-electron chi connectivity index (χ4n) is 3.56. The van der Waals surface area contributed by atoms with Crippen LogP contribution >= 0.6 is 0 Å². The van der Waals surface area contributed by atoms with Crippen molar-refractivity contribution in [1.82, 2.24) is 9.80 Å². The third kappa shape index (κ3) is 3.29. The lowest BCUT2D eigenvalue weighted by Crippen LogP contribution is -2.50. The molecule has 7 heteroatoms. The topological polar surface area (TPSA) is 96.8 Å². The van der Waals surface area contributed by atoms with Crippen molar-refractivity contribution in [1.29, 1.82) is 0 Å². The fraction of sp³-hybridized carbons (Fsp3) is 0.588. The van der Waals surface area contributed by atoms with Crippen LogP contribution in [-0.2, 0) is 20.9 Å². The summed E-state index contributed by atoms with van der Waals surface area (Å²) >= 11 is 0. The summed E-state index contributed by atoms with van der Waals surface area (Å²) in [6.45, 7) is 3.11. The quantitative estimate of drug-likeness (QED) is 0.879. The highest BCUT2D eigenvalue weighted by Crippen LogP contribution is 2.27. The highest BCUT2D eigenvalue weighted by molar-refractivity contribution is 5.90. The minimum atomic E-state index is -0.360. The summed E-state index contributed by atoms with van der Waals surface area (Å²) in [6, 6.07) is 3.66. The molecule has 3 heterocycles. The number of hydrogen-bond acceptors (Lipinski definition) is 4. The molecule has 2 fully saturated rings. The van der Waals surface area contributed by atoms with E-state index in [-0.39, 0.29) is 42.0 Å². The molecule has 0 spiro atoms. The Morgan fingerprint density at radius 1 is 1.29 bits per heavy atom. The van der Waals surface area contributed by atoms with Gasteiger partial charge in [0.1, 0.15) is 5.76 Å². The third-order valence-corrected chi connectivity index (χ3v) is 5.06. The average molecular weight is 333 g/mol. The third-order valence-electron chi connectivity index (χ3n) is 5.06. The molecule has 0 aliphatic carbocycles. The molecule has 1 aromatic rings. The zero-order valence-corrected chi connectivity index (χ0v) is 13.8. The van der Waals surface area contributed by atoms with Crippen molar-refractivity contribution >= 4 is 17.7 Å². The van der Waals surface area contributed by atoms with E-state index in [2.05, 4.69) is 0 Å². The number of rotatable bonds is 4. The van der Waals surface area contributed by atoms with Gasteiger partial charge in [0.25, 0.3) is 0 Å². The van der Waals surface area contributed by atoms with Gasteiger partial charge in [-0.05, 0) is 31.9 Å². The number of carbonyl (C=O) groups excluding carboxylic acids is 3. The number of carbonyl (C=O) groups is 3. The first-order chi connectivity index (χ1) is 11.5. The normalized spacial score (nSPS) is 27.5. The lowest BCUT2D eigenvalue weighted by atomic mass is 9.91. The zero-order chi connectivity index (χ0) is 17.3. The minimum Gasteiger partial charge on any atom is -0.467 e. The van der Waals surface area contributed by atoms with Crippen LogP contribution in [0, 0.1) is 11.8 Å². The molecular weight excluding hydrogens is 310 g/mol. The summed E-state index contributed by atoms with van der Waals surface area (Å²) in [5.41, 5.74) is 5.40. The summed E-state index contributed by atoms with van der Waals surface area (Å²) < 4.78 is 5.27. The molecular formula is C17H23N3O4. The van der Waals surface area contributed by atoms with Gasteiger partial charge in [-0.1, -0.05) is 0 Å². The molecule has 0 radical (unpaired) electrons. The summed E-state index contributed by atoms with van der Waals surface area (Å²) in [5, 5.41) is 0. The van der Waals surface area contributed by atoms with Crippen LogP contribution in [0.2, 0.25) is 0 Å². The van der Waals surface area contributed by atoms with Gasteiger partial charge in [0, 0.05) is 25.6 Å². The molecule has 3 amide bonds. The molecule has 1 aromatic heterocycles. The number of nitrogens with two attached hydrogens (primary N) is 1. The minimum absolute atomic E-state index is 0.0409. The second-order valence-corrected chi connectivity index (χ2v) is 6.77. The van der Waals surface area contributed by atoms with Gasteiger partial charge in [-0.3, -0.25) is 14.4 Å². The molecule has 2 N–H and O–H groups in total. The molecule has 0 aromatic carbocycles. The van der Waals surface area contributed by atoms with Crippen LogP contribution in [0.5, 0.6) is 0 Å². The van der Waals surface area contributed by atoms with Crippen molar-refractivity contribution in [2.45, 2.75) is 38.8 Å². The zero-order valence-electron chi connectivity index (χ0n) is 13.8. The van der Waals surface area contributed by atoms with E-state index in [1.807, 2.05) is 13.0 Å². The van der Waals surface area contributed by atoms with Crippen molar-refractivity contribution in [3.8, 4) is 0 Å². The Bertz CT molecular complexity index is 628. The predicted molar refractivity (Wildman–Crippen MR) is 85.3 cm³/mol. The monoisotopic (exact) mass is 333 g/mol. The Morgan fingerprint density at radius 2 is 2.08 bits per heavy atom. The first kappa shape index (κ1) is 16.5. The Morgan fingerprint density at radius 3 is 2.75 bits per heavy atom. The van der Waals surface area contributed by atoms with Gasteiger partial charge in [-0.25, -0.2) is 0 Å². The first-order valence-electron chi connectivity index (χ1n) is 8.35. The maximum atomic E-state index is 12.8. The van der Waals surface area contributed by atoms with Crippen molar-refractivity contribution in [3.05, 3.63) is 24.2 Å². The van der Waals surface area contributed by atoms with Crippen molar-refractivity contribution in [2.75, 3.05) is 13.1 Å². The second kappa shape index (κ2) is 6.67. The van der Waals surface area contributed by atoms with E-state index >= 15 is 0 Å². The maximum absolute atomic E-state index is 12.8. The summed E-state index contributed by atoms with van der Waals surface area (Å²) in [4.78, 5) is 39.9. The van der Waals surface area contributed by atoms with Gasteiger partial charge in [-0.15, -0.1) is 0 Å². The van der Waals surface area contributed by atoms with Crippen LogP contribution in [0.15, 0.2) is 22.8 Å². The van der Waals surface area contributed by atoms with Crippen molar-refractivity contribution in [2.24, 2.45) is 17.6 Å². The van der Waals surface area contributed by atoms with Gasteiger partial charge < -0.3 is 20.0 Å². The Kier molecular flexibility index (Phi) is 4.59. The molecule has 0 unspecified atom stereocenters. The number of hydrogen-bond donors (Lipinski definition) is 1. The molecule has 130 valence electrons. The molecule has 24 heavy (non-hydrogen) atoms. The van der Waals surface area contributed by atoms with E-state index in [9.17, 15) is 14.4 Å². The predicted octanol–water partition coefficient (Wildman–Crippen LogP) is 0.741. The molecule has 0 saturated carbocycles. The number of piperidine rings is 1. The van der Waals surface area contributed by atoms with E-state index in [0.717, 1.165) is 6.42 Å². The van der Waals surface area contributed by atoms with E-state index in [4.69, 9.17) is 10.2 Å². The first-order valence-corrected chi connectivity index (χ1v) is 8.35. The number of nitrogens with zero attached hydrogens (tertiary/aromatic N) is 2. The highest BCUT2D eigenvalue weighted by Gasteiger charge is 2.40. The van der Waals surface area contributed by atoms with Crippen molar-refractivity contribution < 1.29 is 18.8 Å². The van der Waals surface area contributed by atoms with Crippen LogP contribution in [0.25, 0.3) is 0 Å². The van der Waals surface area contributed by atoms with Crippen LogP contribution in [0.1, 0.15) is 31.9 Å². The van der Waals surface area contributed by atoms with Gasteiger partial charge in [0.05, 0.1) is 24.6 Å². The Balaban J connectivity index is 1.64. The van der Waals surface area contributed by atoms with Gasteiger partial charge in [-0.2, -0.15) is 0 Å². The molecule has 2 saturated heterocycles. The number of furan rings is 1. The van der Waals surface area contributed by atoms with E-state index in [0.29, 0.717) is 31.8 Å². The Hall–Kier alpha value is -2.31. The van der Waals surface area contributed by atoms with E-state index in [1.165, 1.54) is 0 Å². The van der Waals surface area contributed by atoms with Crippen LogP contribution in [0.3, 0.4) is 0 Å². The average Bonchev–Trinajstić information content (AvgIpc) is 3.18. The van der Waals surface area contributed by atoms with Gasteiger partial charge >= 0.3 is 0 Å². The number of primary amides is 1. The molecule has 3 atom stereocenters. The molecule has 3 rings (SSSR count). The standard InChI is InChI=1S/C17H23N3O4/c1-11-4-5-12(16(18)22)9-20(11)17(23)13-7-15(21)19(8-13)10-14-3-2-6-24-14/h2-3,6,11-13H,4-5,7-10H2,1H3,(H2,18,22)/t11-,12+,13+/m1/s1. The second-order valence-electron chi connectivity index (χ2n) is 6.77. The van der Waals surface area contributed by atoms with Crippen LogP contribution in [0.4, 0.5) is 0 Å².